The van der Waals surface area contributed by atoms with E-state index >= 15 is 0 Å². The summed E-state index contributed by atoms with van der Waals surface area (Å²) in [4.78, 5) is 14.1. The molecule has 5 nitrogen and oxygen atoms in total. The Morgan fingerprint density at radius 3 is 2.83 bits per heavy atom. The first kappa shape index (κ1) is 16.7. The average molecular weight is 328 g/mol. The summed E-state index contributed by atoms with van der Waals surface area (Å²) in [5.74, 6) is 0.166. The highest BCUT2D eigenvalue weighted by Gasteiger charge is 2.22. The predicted octanol–water partition coefficient (Wildman–Crippen LogP) is 3.10. The van der Waals surface area contributed by atoms with Crippen LogP contribution in [0, 0.1) is 0 Å². The molecular weight excluding hydrogens is 304 g/mol. The summed E-state index contributed by atoms with van der Waals surface area (Å²) in [6.45, 7) is 1.39. The van der Waals surface area contributed by atoms with E-state index in [4.69, 9.17) is 9.26 Å². The smallest absolute Gasteiger partial charge is 0.292 e. The number of hydrogen-bond acceptors (Lipinski definition) is 4. The molecule has 0 saturated carbocycles. The second kappa shape index (κ2) is 8.11. The summed E-state index contributed by atoms with van der Waals surface area (Å²) in [5.41, 5.74) is 2.06. The fourth-order valence-corrected chi connectivity index (χ4v) is 2.98. The molecule has 0 N–H and O–H groups in total. The van der Waals surface area contributed by atoms with Gasteiger partial charge in [-0.2, -0.15) is 0 Å². The van der Waals surface area contributed by atoms with Crippen LogP contribution in [0.2, 0.25) is 0 Å². The van der Waals surface area contributed by atoms with Gasteiger partial charge in [-0.1, -0.05) is 35.5 Å². The standard InChI is InChI=1S/C19H24N2O3/c1-21(14-17-9-5-6-12-23-17)19(22)18-13-16(20-24-18)11-10-15-7-3-2-4-8-15/h2-4,7-8,13,17H,5-6,9-12,14H2,1H3/t17-/m0/s1. The van der Waals surface area contributed by atoms with E-state index in [0.29, 0.717) is 12.3 Å². The Balaban J connectivity index is 1.52. The Labute approximate surface area is 142 Å². The topological polar surface area (TPSA) is 55.6 Å². The monoisotopic (exact) mass is 328 g/mol. The number of nitrogens with zero attached hydrogens (tertiary/aromatic N) is 2. The Kier molecular flexibility index (Phi) is 5.64. The largest absolute Gasteiger partial charge is 0.376 e. The molecule has 0 spiro atoms. The van der Waals surface area contributed by atoms with Gasteiger partial charge in [-0.05, 0) is 37.7 Å². The third-order valence-electron chi connectivity index (χ3n) is 4.38. The first-order valence-corrected chi connectivity index (χ1v) is 8.59. The lowest BCUT2D eigenvalue weighted by atomic mass is 10.1. The van der Waals surface area contributed by atoms with Crippen molar-refractivity contribution in [2.45, 2.75) is 38.2 Å². The zero-order valence-electron chi connectivity index (χ0n) is 14.1. The molecule has 2 aromatic rings. The highest BCUT2D eigenvalue weighted by Crippen LogP contribution is 2.15. The van der Waals surface area contributed by atoms with Gasteiger partial charge in [0.05, 0.1) is 11.8 Å². The summed E-state index contributed by atoms with van der Waals surface area (Å²) in [5, 5.41) is 4.03. The molecule has 1 aromatic carbocycles. The van der Waals surface area contributed by atoms with Crippen molar-refractivity contribution in [3.05, 3.63) is 53.4 Å². The van der Waals surface area contributed by atoms with Crippen LogP contribution in [0.15, 0.2) is 40.9 Å². The van der Waals surface area contributed by atoms with Gasteiger partial charge in [0.15, 0.2) is 0 Å². The van der Waals surface area contributed by atoms with Crippen LogP contribution in [-0.4, -0.2) is 42.3 Å². The maximum Gasteiger partial charge on any atom is 0.292 e. The van der Waals surface area contributed by atoms with E-state index in [1.807, 2.05) is 18.2 Å². The second-order valence-electron chi connectivity index (χ2n) is 6.34. The van der Waals surface area contributed by atoms with Gasteiger partial charge in [0.2, 0.25) is 5.76 Å². The van der Waals surface area contributed by atoms with Crippen LogP contribution in [0.25, 0.3) is 0 Å². The fourth-order valence-electron chi connectivity index (χ4n) is 2.98. The SMILES string of the molecule is CN(C[C@@H]1CCCCO1)C(=O)c1cc(CCc2ccccc2)no1. The van der Waals surface area contributed by atoms with Gasteiger partial charge in [0, 0.05) is 26.3 Å². The van der Waals surface area contributed by atoms with Gasteiger partial charge < -0.3 is 14.2 Å². The van der Waals surface area contributed by atoms with E-state index in [2.05, 4.69) is 17.3 Å². The minimum absolute atomic E-state index is 0.133. The third-order valence-corrected chi connectivity index (χ3v) is 4.38. The van der Waals surface area contributed by atoms with E-state index in [-0.39, 0.29) is 12.0 Å². The fraction of sp³-hybridized carbons (Fsp3) is 0.474. The van der Waals surface area contributed by atoms with Crippen LogP contribution < -0.4 is 0 Å². The zero-order valence-corrected chi connectivity index (χ0v) is 14.1. The number of aryl methyl sites for hydroxylation is 2. The summed E-state index contributed by atoms with van der Waals surface area (Å²) < 4.78 is 10.9. The van der Waals surface area contributed by atoms with Crippen LogP contribution in [-0.2, 0) is 17.6 Å². The van der Waals surface area contributed by atoms with Crippen molar-refractivity contribution in [3.63, 3.8) is 0 Å². The van der Waals surface area contributed by atoms with Crippen molar-refractivity contribution in [1.29, 1.82) is 0 Å². The van der Waals surface area contributed by atoms with Crippen LogP contribution >= 0.6 is 0 Å². The minimum atomic E-state index is -0.136. The van der Waals surface area contributed by atoms with Gasteiger partial charge >= 0.3 is 0 Å². The molecule has 2 heterocycles. The summed E-state index contributed by atoms with van der Waals surface area (Å²) >= 11 is 0. The Hall–Kier alpha value is -2.14. The van der Waals surface area contributed by atoms with E-state index in [0.717, 1.165) is 38.0 Å². The maximum atomic E-state index is 12.4. The number of ether oxygens (including phenoxy) is 1. The minimum Gasteiger partial charge on any atom is -0.376 e. The van der Waals surface area contributed by atoms with Crippen molar-refractivity contribution in [1.82, 2.24) is 10.1 Å². The van der Waals surface area contributed by atoms with Crippen molar-refractivity contribution in [3.8, 4) is 0 Å². The molecule has 1 aromatic heterocycles. The second-order valence-corrected chi connectivity index (χ2v) is 6.34. The molecule has 3 rings (SSSR count). The summed E-state index contributed by atoms with van der Waals surface area (Å²) in [7, 11) is 1.78. The van der Waals surface area contributed by atoms with E-state index in [9.17, 15) is 4.79 Å². The molecule has 24 heavy (non-hydrogen) atoms. The number of aromatic nitrogens is 1. The summed E-state index contributed by atoms with van der Waals surface area (Å²) in [6.07, 6.45) is 5.06. The van der Waals surface area contributed by atoms with Gasteiger partial charge in [-0.15, -0.1) is 0 Å². The average Bonchev–Trinajstić information content (AvgIpc) is 3.10. The highest BCUT2D eigenvalue weighted by atomic mass is 16.5. The molecule has 1 saturated heterocycles. The van der Waals surface area contributed by atoms with E-state index < -0.39 is 0 Å². The first-order chi connectivity index (χ1) is 11.7. The Bertz CT molecular complexity index is 648. The molecule has 0 radical (unpaired) electrons. The van der Waals surface area contributed by atoms with E-state index in [1.165, 1.54) is 12.0 Å². The summed E-state index contributed by atoms with van der Waals surface area (Å²) in [6, 6.07) is 12.0. The quantitative estimate of drug-likeness (QED) is 0.817. The predicted molar refractivity (Wildman–Crippen MR) is 90.9 cm³/mol. The lowest BCUT2D eigenvalue weighted by Crippen LogP contribution is -2.37. The molecule has 0 aliphatic carbocycles. The number of amides is 1. The number of likely N-dealkylation sites (N-methyl/N-ethyl adjacent to an activating group) is 1. The highest BCUT2D eigenvalue weighted by molar-refractivity contribution is 5.91. The first-order valence-electron chi connectivity index (χ1n) is 8.59. The number of benzene rings is 1. The maximum absolute atomic E-state index is 12.4. The van der Waals surface area contributed by atoms with Crippen LogP contribution in [0.4, 0.5) is 0 Å². The molecule has 1 aliphatic heterocycles. The number of rotatable bonds is 6. The van der Waals surface area contributed by atoms with Crippen molar-refractivity contribution >= 4 is 5.91 Å². The molecule has 0 bridgehead atoms. The number of carbonyl (C=O) groups excluding carboxylic acids is 1. The number of hydrogen-bond donors (Lipinski definition) is 0. The number of carbonyl (C=O) groups is 1. The van der Waals surface area contributed by atoms with Crippen molar-refractivity contribution in [2.24, 2.45) is 0 Å². The van der Waals surface area contributed by atoms with Crippen LogP contribution in [0.3, 0.4) is 0 Å². The molecule has 0 unspecified atom stereocenters. The van der Waals surface area contributed by atoms with Gasteiger partial charge in [-0.3, -0.25) is 4.79 Å². The molecule has 1 amide bonds. The lowest BCUT2D eigenvalue weighted by Gasteiger charge is -2.26. The zero-order chi connectivity index (χ0) is 16.8. The normalized spacial score (nSPS) is 17.6. The van der Waals surface area contributed by atoms with Crippen LogP contribution in [0.1, 0.15) is 41.1 Å². The van der Waals surface area contributed by atoms with Gasteiger partial charge in [0.25, 0.3) is 5.91 Å². The van der Waals surface area contributed by atoms with Gasteiger partial charge in [0.1, 0.15) is 0 Å². The van der Waals surface area contributed by atoms with Crippen molar-refractivity contribution < 1.29 is 14.1 Å². The van der Waals surface area contributed by atoms with Gasteiger partial charge in [-0.25, -0.2) is 0 Å². The lowest BCUT2D eigenvalue weighted by molar-refractivity contribution is -0.000848. The molecule has 128 valence electrons. The molecule has 1 aliphatic rings. The molecule has 1 atom stereocenters. The van der Waals surface area contributed by atoms with Crippen LogP contribution in [0.5, 0.6) is 0 Å². The molecule has 5 heteroatoms. The van der Waals surface area contributed by atoms with E-state index in [1.54, 1.807) is 18.0 Å². The molecular formula is C19H24N2O3. The third kappa shape index (κ3) is 4.45. The Morgan fingerprint density at radius 2 is 2.08 bits per heavy atom. The Morgan fingerprint density at radius 1 is 1.25 bits per heavy atom. The van der Waals surface area contributed by atoms with Crippen molar-refractivity contribution in [2.75, 3.05) is 20.2 Å². The molecule has 1 fully saturated rings.